The summed E-state index contributed by atoms with van der Waals surface area (Å²) in [5.41, 5.74) is 0. The molecule has 0 aliphatic carbocycles. The summed E-state index contributed by atoms with van der Waals surface area (Å²) in [5, 5.41) is 0. The largest absolute Gasteiger partial charge is 0.147 e. The number of halogens is 4. The Hall–Kier alpha value is 1.76. The van der Waals surface area contributed by atoms with Crippen LogP contribution in [0.4, 0.5) is 0 Å². The van der Waals surface area contributed by atoms with Gasteiger partial charge in [-0.2, -0.15) is 0 Å². The van der Waals surface area contributed by atoms with E-state index in [-0.39, 0.29) is 69.7 Å². The van der Waals surface area contributed by atoms with Gasteiger partial charge in [0.15, 0.2) is 0 Å². The molecule has 0 amide bonds. The lowest BCUT2D eigenvalue weighted by molar-refractivity contribution is 5.75. The summed E-state index contributed by atoms with van der Waals surface area (Å²) in [7, 11) is 0. The van der Waals surface area contributed by atoms with Gasteiger partial charge in [0.25, 0.3) is 0 Å². The standard InChI is InChI=1S/2BrH.2ClH.Si/h4*1H;. The van der Waals surface area contributed by atoms with Gasteiger partial charge in [0.1, 0.15) is 0 Å². The van der Waals surface area contributed by atoms with Gasteiger partial charge in [0.2, 0.25) is 0 Å². The zero-order chi connectivity index (χ0) is 0. The Morgan fingerprint density at radius 3 is 0.600 bits per heavy atom. The van der Waals surface area contributed by atoms with Crippen LogP contribution in [-0.4, -0.2) is 11.0 Å². The fourth-order valence-corrected chi connectivity index (χ4v) is 0. The lowest BCUT2D eigenvalue weighted by Crippen LogP contribution is -0.381. The Balaban J connectivity index is 0. The van der Waals surface area contributed by atoms with Crippen LogP contribution in [0.1, 0.15) is 0 Å². The molecule has 0 aromatic carbocycles. The van der Waals surface area contributed by atoms with Crippen LogP contribution < -0.4 is 0 Å². The molecule has 0 rings (SSSR count). The average Bonchev–Trinajstić information content (AvgIpc) is 0. The highest BCUT2D eigenvalue weighted by Gasteiger charge is 0.0000320. The molecule has 0 nitrogen and oxygen atoms in total. The predicted octanol–water partition coefficient (Wildman–Crippen LogP) is 1.62. The molecule has 0 spiro atoms. The van der Waals surface area contributed by atoms with Gasteiger partial charge in [0, 0.05) is 11.0 Å². The molecule has 5 heavy (non-hydrogen) atoms. The Morgan fingerprint density at radius 1 is 0.600 bits per heavy atom. The lowest BCUT2D eigenvalue weighted by atomic mass is 28.1. The van der Waals surface area contributed by atoms with Crippen molar-refractivity contribution in [2.75, 3.05) is 0 Å². The van der Waals surface area contributed by atoms with E-state index in [1.807, 2.05) is 0 Å². The quantitative estimate of drug-likeness (QED) is 0.582. The molecule has 0 aromatic heterocycles. The van der Waals surface area contributed by atoms with Crippen LogP contribution in [0.3, 0.4) is 0 Å². The minimum atomic E-state index is 0. The fourth-order valence-electron chi connectivity index (χ4n) is 0. The summed E-state index contributed by atoms with van der Waals surface area (Å²) in [6.07, 6.45) is 0. The van der Waals surface area contributed by atoms with Crippen molar-refractivity contribution >= 4 is 69.7 Å². The van der Waals surface area contributed by atoms with E-state index in [0.29, 0.717) is 0 Å². The van der Waals surface area contributed by atoms with Crippen molar-refractivity contribution in [1.82, 2.24) is 0 Å². The third-order valence-corrected chi connectivity index (χ3v) is 0. The zero-order valence-corrected chi connectivity index (χ0v) is 8.19. The maximum absolute atomic E-state index is 0. The highest BCUT2D eigenvalue weighted by molar-refractivity contribution is 8.93. The number of hydrogen-bond acceptors (Lipinski definition) is 0. The smallest absolute Gasteiger partial charge is 0 e. The summed E-state index contributed by atoms with van der Waals surface area (Å²) >= 11 is 0. The van der Waals surface area contributed by atoms with Gasteiger partial charge in [-0.25, -0.2) is 0 Å². The van der Waals surface area contributed by atoms with Crippen molar-refractivity contribution in [3.8, 4) is 0 Å². The molecule has 0 bridgehead atoms. The van der Waals surface area contributed by atoms with Gasteiger partial charge >= 0.3 is 0 Å². The summed E-state index contributed by atoms with van der Waals surface area (Å²) < 4.78 is 0. The Bertz CT molecular complexity index is 7.61. The van der Waals surface area contributed by atoms with Crippen LogP contribution in [0.15, 0.2) is 0 Å². The van der Waals surface area contributed by atoms with Crippen LogP contribution >= 0.6 is 58.8 Å². The van der Waals surface area contributed by atoms with Crippen molar-refractivity contribution in [2.24, 2.45) is 0 Å². The molecule has 36 valence electrons. The van der Waals surface area contributed by atoms with Crippen molar-refractivity contribution in [3.63, 3.8) is 0 Å². The second-order valence-electron chi connectivity index (χ2n) is 0. The first-order chi connectivity index (χ1) is 0. The minimum absolute atomic E-state index is 0. The van der Waals surface area contributed by atoms with Crippen LogP contribution in [-0.2, 0) is 0 Å². The SMILES string of the molecule is Br.Br.Cl.Cl.[Si]. The normalized spacial score (nSPS) is 0. The molecule has 0 saturated heterocycles. The molecule has 0 saturated carbocycles. The van der Waals surface area contributed by atoms with E-state index in [4.69, 9.17) is 0 Å². The van der Waals surface area contributed by atoms with Crippen LogP contribution in [0, 0.1) is 0 Å². The van der Waals surface area contributed by atoms with Gasteiger partial charge in [-0.3, -0.25) is 0 Å². The molecule has 4 radical (unpaired) electrons. The Labute approximate surface area is 69.5 Å². The highest BCUT2D eigenvalue weighted by Crippen LogP contribution is 0.847. The molecule has 0 N–H and O–H groups in total. The minimum Gasteiger partial charge on any atom is -0.147 e. The summed E-state index contributed by atoms with van der Waals surface area (Å²) in [6.45, 7) is 0. The monoisotopic (exact) mass is 260 g/mol. The first kappa shape index (κ1) is 72.5. The van der Waals surface area contributed by atoms with E-state index in [0.717, 1.165) is 0 Å². The molecular formula is H4Br2Cl2Si. The van der Waals surface area contributed by atoms with Gasteiger partial charge in [0.05, 0.1) is 0 Å². The summed E-state index contributed by atoms with van der Waals surface area (Å²) in [4.78, 5) is 0. The van der Waals surface area contributed by atoms with Gasteiger partial charge < -0.3 is 0 Å². The first-order valence-electron chi connectivity index (χ1n) is 0. The number of rotatable bonds is 0. The van der Waals surface area contributed by atoms with Crippen molar-refractivity contribution in [3.05, 3.63) is 0 Å². The van der Waals surface area contributed by atoms with E-state index < -0.39 is 0 Å². The highest BCUT2D eigenvalue weighted by atomic mass is 79.9. The second-order valence-corrected chi connectivity index (χ2v) is 0. The fraction of sp³-hybridized carbons (Fsp3) is 0. The van der Waals surface area contributed by atoms with Gasteiger partial charge in [-0.1, -0.05) is 0 Å². The molecule has 0 aliphatic rings. The molecule has 0 unspecified atom stereocenters. The maximum atomic E-state index is 0. The van der Waals surface area contributed by atoms with Crippen LogP contribution in [0.2, 0.25) is 0 Å². The molecule has 0 heterocycles. The van der Waals surface area contributed by atoms with Gasteiger partial charge in [-0.05, 0) is 0 Å². The van der Waals surface area contributed by atoms with Crippen LogP contribution in [0.25, 0.3) is 0 Å². The lowest BCUT2D eigenvalue weighted by Gasteiger charge is -0.148. The third kappa shape index (κ3) is 26.3. The van der Waals surface area contributed by atoms with Crippen molar-refractivity contribution in [2.45, 2.75) is 0 Å². The molecule has 0 atom stereocenters. The molecule has 0 fully saturated rings. The second kappa shape index (κ2) is 42.2. The van der Waals surface area contributed by atoms with E-state index in [2.05, 4.69) is 0 Å². The molecule has 5 heteroatoms. The van der Waals surface area contributed by atoms with Crippen molar-refractivity contribution < 1.29 is 0 Å². The topological polar surface area (TPSA) is 0 Å². The molecule has 0 aliphatic heterocycles. The third-order valence-electron chi connectivity index (χ3n) is 0. The average molecular weight is 263 g/mol. The summed E-state index contributed by atoms with van der Waals surface area (Å²) in [6, 6.07) is 0. The molecular weight excluding hydrogens is 259 g/mol. The van der Waals surface area contributed by atoms with Crippen LogP contribution in [0.5, 0.6) is 0 Å². The van der Waals surface area contributed by atoms with E-state index in [1.54, 1.807) is 0 Å². The van der Waals surface area contributed by atoms with Crippen molar-refractivity contribution in [1.29, 1.82) is 0 Å². The summed E-state index contributed by atoms with van der Waals surface area (Å²) in [5.74, 6) is 0. The van der Waals surface area contributed by atoms with Gasteiger partial charge in [-0.15, -0.1) is 58.8 Å². The first-order valence-corrected chi connectivity index (χ1v) is 0. The number of hydrogen-bond donors (Lipinski definition) is 0. The van der Waals surface area contributed by atoms with E-state index >= 15 is 0 Å². The Morgan fingerprint density at radius 2 is 0.600 bits per heavy atom. The zero-order valence-electron chi connectivity index (χ0n) is 2.13. The predicted molar refractivity (Wildman–Crippen MR) is 40.9 cm³/mol. The maximum Gasteiger partial charge on any atom is 0 e. The Kier molecular flexibility index (Phi) is 612. The van der Waals surface area contributed by atoms with E-state index in [1.165, 1.54) is 0 Å². The molecule has 0 aromatic rings. The van der Waals surface area contributed by atoms with E-state index in [9.17, 15) is 0 Å².